The summed E-state index contributed by atoms with van der Waals surface area (Å²) in [6.45, 7) is 3.75. The molecule has 0 aliphatic rings. The maximum atomic E-state index is 10.9. The lowest BCUT2D eigenvalue weighted by molar-refractivity contribution is 0.607. The third kappa shape index (κ3) is 3.79. The van der Waals surface area contributed by atoms with E-state index in [4.69, 9.17) is 0 Å². The predicted octanol–water partition coefficient (Wildman–Crippen LogP) is 1.82. The summed E-state index contributed by atoms with van der Waals surface area (Å²) in [5.74, 6) is 0. The van der Waals surface area contributed by atoms with Gasteiger partial charge < -0.3 is 0 Å². The Bertz CT molecular complexity index is 381. The highest BCUT2D eigenvalue weighted by molar-refractivity contribution is 7.92. The first-order valence-corrected chi connectivity index (χ1v) is 6.26. The van der Waals surface area contributed by atoms with Gasteiger partial charge >= 0.3 is 0 Å². The topological polar surface area (TPSA) is 46.2 Å². The molecule has 4 heteroatoms. The van der Waals surface area contributed by atoms with E-state index in [1.165, 1.54) is 5.56 Å². The number of hydrogen-bond acceptors (Lipinski definition) is 2. The molecule has 0 aromatic heterocycles. The van der Waals surface area contributed by atoms with Crippen LogP contribution in [0.3, 0.4) is 0 Å². The van der Waals surface area contributed by atoms with Gasteiger partial charge in [-0.15, -0.1) is 0 Å². The lowest BCUT2D eigenvalue weighted by atomic mass is 10.1. The molecule has 3 nitrogen and oxygen atoms in total. The van der Waals surface area contributed by atoms with Crippen molar-refractivity contribution in [1.29, 1.82) is 0 Å². The van der Waals surface area contributed by atoms with Crippen LogP contribution in [0.4, 0.5) is 5.69 Å². The van der Waals surface area contributed by atoms with E-state index in [1.54, 1.807) is 12.1 Å². The van der Waals surface area contributed by atoms with E-state index in [2.05, 4.69) is 11.6 Å². The van der Waals surface area contributed by atoms with Crippen LogP contribution in [0.2, 0.25) is 0 Å². The summed E-state index contributed by atoms with van der Waals surface area (Å²) in [4.78, 5) is 0. The van der Waals surface area contributed by atoms with Crippen molar-refractivity contribution < 1.29 is 8.42 Å². The Balaban J connectivity index is 2.74. The van der Waals surface area contributed by atoms with Gasteiger partial charge in [-0.1, -0.05) is 19.1 Å². The van der Waals surface area contributed by atoms with Crippen LogP contribution in [0.25, 0.3) is 0 Å². The van der Waals surface area contributed by atoms with Gasteiger partial charge in [0.25, 0.3) is 0 Å². The quantitative estimate of drug-likeness (QED) is 0.827. The van der Waals surface area contributed by atoms with Crippen LogP contribution in [0.5, 0.6) is 0 Å². The van der Waals surface area contributed by atoms with Crippen LogP contribution >= 0.6 is 0 Å². The van der Waals surface area contributed by atoms with Gasteiger partial charge in [0.1, 0.15) is 0 Å². The zero-order valence-electron chi connectivity index (χ0n) is 8.16. The standard InChI is InChI=1S/C10H14NO2S/c1-3-4-9-5-7-10(8-6-9)11-14(2,12)13/h5-8,11H,1,3-4H2,2H3. The fourth-order valence-electron chi connectivity index (χ4n) is 1.16. The van der Waals surface area contributed by atoms with Gasteiger partial charge in [0.15, 0.2) is 0 Å². The number of nitrogens with one attached hydrogen (secondary N) is 1. The molecule has 0 heterocycles. The second kappa shape index (κ2) is 4.46. The van der Waals surface area contributed by atoms with Crippen LogP contribution in [0.1, 0.15) is 12.0 Å². The van der Waals surface area contributed by atoms with E-state index >= 15 is 0 Å². The molecule has 1 N–H and O–H groups in total. The fraction of sp³-hybridized carbons (Fsp3) is 0.300. The Kier molecular flexibility index (Phi) is 3.52. The van der Waals surface area contributed by atoms with Gasteiger partial charge in [-0.25, -0.2) is 8.42 Å². The predicted molar refractivity (Wildman–Crippen MR) is 58.6 cm³/mol. The largest absolute Gasteiger partial charge is 0.284 e. The second-order valence-corrected chi connectivity index (χ2v) is 4.92. The molecule has 0 spiro atoms. The van der Waals surface area contributed by atoms with Crippen molar-refractivity contribution >= 4 is 15.7 Å². The number of rotatable bonds is 4. The van der Waals surface area contributed by atoms with Crippen molar-refractivity contribution in [1.82, 2.24) is 0 Å². The molecule has 77 valence electrons. The summed E-state index contributed by atoms with van der Waals surface area (Å²) in [5, 5.41) is 0. The average molecular weight is 212 g/mol. The Morgan fingerprint density at radius 1 is 1.29 bits per heavy atom. The molecular formula is C10H14NO2S. The van der Waals surface area contributed by atoms with Crippen LogP contribution in [-0.4, -0.2) is 14.7 Å². The van der Waals surface area contributed by atoms with E-state index in [0.717, 1.165) is 19.1 Å². The molecule has 0 unspecified atom stereocenters. The van der Waals surface area contributed by atoms with Crippen LogP contribution in [-0.2, 0) is 16.4 Å². The molecule has 0 aliphatic heterocycles. The Labute approximate surface area is 85.2 Å². The normalized spacial score (nSPS) is 11.3. The molecule has 1 aromatic rings. The Morgan fingerprint density at radius 3 is 2.29 bits per heavy atom. The first-order chi connectivity index (χ1) is 6.51. The van der Waals surface area contributed by atoms with Gasteiger partial charge in [0, 0.05) is 5.69 Å². The average Bonchev–Trinajstić information content (AvgIpc) is 2.06. The number of aryl methyl sites for hydroxylation is 1. The Hall–Kier alpha value is -1.03. The summed E-state index contributed by atoms with van der Waals surface area (Å²) in [7, 11) is -3.16. The molecule has 1 rings (SSSR count). The van der Waals surface area contributed by atoms with E-state index < -0.39 is 10.0 Å². The molecule has 0 atom stereocenters. The van der Waals surface area contributed by atoms with E-state index in [0.29, 0.717) is 5.69 Å². The zero-order chi connectivity index (χ0) is 10.6. The van der Waals surface area contributed by atoms with Crippen molar-refractivity contribution in [2.24, 2.45) is 0 Å². The van der Waals surface area contributed by atoms with Crippen molar-refractivity contribution in [2.75, 3.05) is 11.0 Å². The third-order valence-electron chi connectivity index (χ3n) is 1.72. The summed E-state index contributed by atoms with van der Waals surface area (Å²) in [5.41, 5.74) is 1.76. The molecular weight excluding hydrogens is 198 g/mol. The minimum Gasteiger partial charge on any atom is -0.284 e. The summed E-state index contributed by atoms with van der Waals surface area (Å²) < 4.78 is 24.2. The van der Waals surface area contributed by atoms with Gasteiger partial charge in [-0.05, 0) is 30.5 Å². The maximum Gasteiger partial charge on any atom is 0.229 e. The van der Waals surface area contributed by atoms with Crippen molar-refractivity contribution in [2.45, 2.75) is 12.8 Å². The van der Waals surface area contributed by atoms with Crippen molar-refractivity contribution in [3.8, 4) is 0 Å². The SMILES string of the molecule is [CH2]CCc1ccc(NS(C)(=O)=O)cc1. The molecule has 0 amide bonds. The van der Waals surface area contributed by atoms with Crippen molar-refractivity contribution in [3.05, 3.63) is 36.8 Å². The molecule has 0 aliphatic carbocycles. The minimum absolute atomic E-state index is 0.598. The fourth-order valence-corrected chi connectivity index (χ4v) is 1.72. The number of benzene rings is 1. The van der Waals surface area contributed by atoms with Gasteiger partial charge in [-0.3, -0.25) is 4.72 Å². The number of anilines is 1. The number of sulfonamides is 1. The second-order valence-electron chi connectivity index (χ2n) is 3.17. The highest BCUT2D eigenvalue weighted by Gasteiger charge is 2.00. The third-order valence-corrected chi connectivity index (χ3v) is 2.33. The zero-order valence-corrected chi connectivity index (χ0v) is 8.97. The summed E-state index contributed by atoms with van der Waals surface area (Å²) in [6.07, 6.45) is 2.90. The molecule has 0 saturated heterocycles. The minimum atomic E-state index is -3.16. The first-order valence-electron chi connectivity index (χ1n) is 4.37. The highest BCUT2D eigenvalue weighted by Crippen LogP contribution is 2.11. The smallest absolute Gasteiger partial charge is 0.229 e. The van der Waals surface area contributed by atoms with Crippen LogP contribution in [0.15, 0.2) is 24.3 Å². The maximum absolute atomic E-state index is 10.9. The summed E-state index contributed by atoms with van der Waals surface area (Å²) in [6, 6.07) is 7.31. The first kappa shape index (κ1) is 11.0. The number of hydrogen-bond donors (Lipinski definition) is 1. The van der Waals surface area contributed by atoms with Gasteiger partial charge in [0.05, 0.1) is 6.26 Å². The molecule has 0 bridgehead atoms. The molecule has 1 radical (unpaired) electrons. The van der Waals surface area contributed by atoms with E-state index in [9.17, 15) is 8.42 Å². The lowest BCUT2D eigenvalue weighted by Gasteiger charge is -2.04. The monoisotopic (exact) mass is 212 g/mol. The van der Waals surface area contributed by atoms with Crippen LogP contribution < -0.4 is 4.72 Å². The van der Waals surface area contributed by atoms with E-state index in [-0.39, 0.29) is 0 Å². The molecule has 0 saturated carbocycles. The van der Waals surface area contributed by atoms with Gasteiger partial charge in [-0.2, -0.15) is 0 Å². The van der Waals surface area contributed by atoms with Crippen molar-refractivity contribution in [3.63, 3.8) is 0 Å². The molecule has 1 aromatic carbocycles. The molecule has 14 heavy (non-hydrogen) atoms. The molecule has 0 fully saturated rings. The van der Waals surface area contributed by atoms with E-state index in [1.807, 2.05) is 12.1 Å². The van der Waals surface area contributed by atoms with Gasteiger partial charge in [0.2, 0.25) is 10.0 Å². The highest BCUT2D eigenvalue weighted by atomic mass is 32.2. The summed E-state index contributed by atoms with van der Waals surface area (Å²) >= 11 is 0. The van der Waals surface area contributed by atoms with Crippen LogP contribution in [0, 0.1) is 6.92 Å². The Morgan fingerprint density at radius 2 is 1.86 bits per heavy atom. The lowest BCUT2D eigenvalue weighted by Crippen LogP contribution is -2.09.